The van der Waals surface area contributed by atoms with E-state index in [1.165, 1.54) is 6.92 Å². The summed E-state index contributed by atoms with van der Waals surface area (Å²) in [6.07, 6.45) is -0.950. The predicted octanol–water partition coefficient (Wildman–Crippen LogP) is -0.781. The fourth-order valence-corrected chi connectivity index (χ4v) is 1.12. The summed E-state index contributed by atoms with van der Waals surface area (Å²) in [5, 5.41) is 8.50. The van der Waals surface area contributed by atoms with Gasteiger partial charge in [-0.2, -0.15) is 12.2 Å². The van der Waals surface area contributed by atoms with Crippen LogP contribution in [0.2, 0.25) is 0 Å². The molecule has 0 spiro atoms. The van der Waals surface area contributed by atoms with Crippen molar-refractivity contribution >= 4 is 51.5 Å². The average Bonchev–Trinajstić information content (AvgIpc) is 1.63. The Morgan fingerprint density at radius 2 is 2.10 bits per heavy atom. The molecule has 0 amide bonds. The topological polar surface area (TPSA) is 63.6 Å². The Bertz CT molecular complexity index is 165. The van der Waals surface area contributed by atoms with Crippen LogP contribution < -0.4 is 0 Å². The molecule has 0 aromatic carbocycles. The molecule has 0 aliphatic heterocycles. The van der Waals surface area contributed by atoms with Gasteiger partial charge in [0.25, 0.3) is 10.1 Å². The average molecular weight is 199 g/mol. The first-order valence-electron chi connectivity index (χ1n) is 2.19. The molecule has 1 N–H and O–H groups in total. The van der Waals surface area contributed by atoms with Gasteiger partial charge < -0.3 is 5.11 Å². The minimum absolute atomic E-state index is 0. The summed E-state index contributed by atoms with van der Waals surface area (Å²) in [4.78, 5) is 0. The molecule has 0 aliphatic rings. The fraction of sp³-hybridized carbons (Fsp3) is 1.00. The number of aliphatic hydroxyl groups excluding tert-OH is 1. The molecule has 0 heterocycles. The summed E-state index contributed by atoms with van der Waals surface area (Å²) < 4.78 is 24.1. The maximum absolute atomic E-state index is 10.3. The second kappa shape index (κ2) is 5.77. The molecule has 0 bridgehead atoms. The van der Waals surface area contributed by atoms with Crippen LogP contribution in [0.4, 0.5) is 0 Å². The molecule has 1 unspecified atom stereocenters. The zero-order valence-corrected chi connectivity index (χ0v) is 6.32. The van der Waals surface area contributed by atoms with Crippen LogP contribution in [-0.2, 0) is 13.9 Å². The van der Waals surface area contributed by atoms with E-state index in [1.807, 2.05) is 0 Å². The third-order valence-corrected chi connectivity index (χ3v) is 2.20. The molecule has 0 saturated carbocycles. The van der Waals surface area contributed by atoms with Crippen molar-refractivity contribution in [3.05, 3.63) is 0 Å². The van der Waals surface area contributed by atoms with Gasteiger partial charge in [-0.3, -0.25) is 0 Å². The van der Waals surface area contributed by atoms with Crippen LogP contribution in [0.1, 0.15) is 6.92 Å². The van der Waals surface area contributed by atoms with Gasteiger partial charge in [-0.1, -0.05) is 0 Å². The molecule has 0 radical (unpaired) electrons. The Balaban J connectivity index is 0. The first kappa shape index (κ1) is 13.7. The molecule has 0 aromatic rings. The molecule has 7 heteroatoms. The number of halogens is 1. The van der Waals surface area contributed by atoms with E-state index in [4.69, 9.17) is 5.11 Å². The number of hydrogen-bond donors (Lipinski definition) is 1. The summed E-state index contributed by atoms with van der Waals surface area (Å²) >= 11 is 4.54. The third-order valence-electron chi connectivity index (χ3n) is 0.541. The monoisotopic (exact) mass is 198 g/mol. The van der Waals surface area contributed by atoms with Gasteiger partial charge in [0.15, 0.2) is 0 Å². The molecule has 58 valence electrons. The van der Waals surface area contributed by atoms with Crippen LogP contribution in [-0.4, -0.2) is 54.9 Å². The summed E-state index contributed by atoms with van der Waals surface area (Å²) in [5.74, 6) is -0.476. The van der Waals surface area contributed by atoms with E-state index >= 15 is 0 Å². The standard InChI is InChI=1S/C3H7ClO4S.Na.H/c1-3(5)2-9(6,7)8-4;;/h3,5H,2H2,1H3;;. The van der Waals surface area contributed by atoms with Crippen molar-refractivity contribution in [3.8, 4) is 0 Å². The van der Waals surface area contributed by atoms with Crippen molar-refractivity contribution in [2.75, 3.05) is 5.75 Å². The molecule has 0 aliphatic carbocycles. The van der Waals surface area contributed by atoms with Crippen molar-refractivity contribution in [3.63, 3.8) is 0 Å². The van der Waals surface area contributed by atoms with Crippen LogP contribution in [0.5, 0.6) is 0 Å². The van der Waals surface area contributed by atoms with E-state index in [1.54, 1.807) is 0 Å². The summed E-state index contributed by atoms with van der Waals surface area (Å²) in [5.41, 5.74) is 0. The second-order valence-electron chi connectivity index (χ2n) is 1.64. The van der Waals surface area contributed by atoms with Gasteiger partial charge in [0, 0.05) is 0 Å². The van der Waals surface area contributed by atoms with E-state index in [0.717, 1.165) is 0 Å². The van der Waals surface area contributed by atoms with Crippen LogP contribution in [0.3, 0.4) is 0 Å². The summed E-state index contributed by atoms with van der Waals surface area (Å²) in [6.45, 7) is 1.33. The first-order valence-corrected chi connectivity index (χ1v) is 4.07. The van der Waals surface area contributed by atoms with Gasteiger partial charge in [-0.25, -0.2) is 0 Å². The summed E-state index contributed by atoms with van der Waals surface area (Å²) in [6, 6.07) is 0. The van der Waals surface area contributed by atoms with Crippen molar-refractivity contribution in [2.45, 2.75) is 13.0 Å². The quantitative estimate of drug-likeness (QED) is 0.605. The molecule has 0 aromatic heterocycles. The Morgan fingerprint density at radius 1 is 1.70 bits per heavy atom. The van der Waals surface area contributed by atoms with E-state index in [0.29, 0.717) is 0 Å². The Morgan fingerprint density at radius 3 is 2.20 bits per heavy atom. The first-order chi connectivity index (χ1) is 3.98. The van der Waals surface area contributed by atoms with Crippen LogP contribution >= 0.6 is 11.9 Å². The zero-order valence-electron chi connectivity index (χ0n) is 4.74. The van der Waals surface area contributed by atoms with Crippen molar-refractivity contribution in [1.29, 1.82) is 0 Å². The Hall–Kier alpha value is 1.16. The SMILES string of the molecule is CC(O)CS(=O)(=O)OCl.[NaH]. The molecule has 0 fully saturated rings. The maximum atomic E-state index is 10.3. The van der Waals surface area contributed by atoms with E-state index in [9.17, 15) is 8.42 Å². The van der Waals surface area contributed by atoms with Gasteiger partial charge in [-0.15, -0.1) is 0 Å². The third kappa shape index (κ3) is 7.27. The predicted molar refractivity (Wildman–Crippen MR) is 39.6 cm³/mol. The second-order valence-corrected chi connectivity index (χ2v) is 3.59. The molecule has 0 saturated heterocycles. The summed E-state index contributed by atoms with van der Waals surface area (Å²) in [7, 11) is -3.70. The zero-order chi connectivity index (χ0) is 7.49. The van der Waals surface area contributed by atoms with Crippen molar-refractivity contribution < 1.29 is 17.3 Å². The van der Waals surface area contributed by atoms with Crippen LogP contribution in [0.15, 0.2) is 0 Å². The number of hydrogen-bond acceptors (Lipinski definition) is 4. The van der Waals surface area contributed by atoms with Gasteiger partial charge in [0.2, 0.25) is 0 Å². The Kier molecular flexibility index (Phi) is 7.92. The molecular weight excluding hydrogens is 191 g/mol. The molecule has 0 rings (SSSR count). The van der Waals surface area contributed by atoms with Gasteiger partial charge in [0.05, 0.1) is 18.0 Å². The molecule has 10 heavy (non-hydrogen) atoms. The van der Waals surface area contributed by atoms with Crippen LogP contribution in [0, 0.1) is 0 Å². The number of aliphatic hydroxyl groups is 1. The molecule has 1 atom stereocenters. The van der Waals surface area contributed by atoms with Gasteiger partial charge in [0.1, 0.15) is 5.75 Å². The van der Waals surface area contributed by atoms with E-state index < -0.39 is 22.0 Å². The Labute approximate surface area is 87.1 Å². The van der Waals surface area contributed by atoms with E-state index in [2.05, 4.69) is 15.6 Å². The van der Waals surface area contributed by atoms with Crippen molar-refractivity contribution in [1.82, 2.24) is 0 Å². The number of rotatable bonds is 3. The van der Waals surface area contributed by atoms with Gasteiger partial charge >= 0.3 is 29.6 Å². The minimum atomic E-state index is -3.70. The fourth-order valence-electron chi connectivity index (χ4n) is 0.321. The van der Waals surface area contributed by atoms with Crippen molar-refractivity contribution in [2.24, 2.45) is 0 Å². The van der Waals surface area contributed by atoms with E-state index in [-0.39, 0.29) is 29.6 Å². The molecule has 4 nitrogen and oxygen atoms in total. The normalized spacial score (nSPS) is 13.9. The van der Waals surface area contributed by atoms with Crippen LogP contribution in [0.25, 0.3) is 0 Å². The molecular formula is C3H8ClNaO4S. The van der Waals surface area contributed by atoms with Gasteiger partial charge in [-0.05, 0) is 6.92 Å².